The topological polar surface area (TPSA) is 149 Å². The molecule has 1 aliphatic rings. The fraction of sp³-hybridized carbons (Fsp3) is 0.871. The summed E-state index contributed by atoms with van der Waals surface area (Å²) in [7, 11) is 0. The normalized spacial score (nSPS) is 18.8. The SMILES string of the molecule is CCCCCCC/C=C\C/C=C\CCCCCCCCCCCCCCCC(=O)NC(COC1OC(CO)C(O)C(O)C1O)C(O)/C=C/CC/C=C/CCCCCCCCCCCCCCCCCCCCCCCCCCC. The van der Waals surface area contributed by atoms with Crippen LogP contribution in [0.25, 0.3) is 0 Å². The zero-order valence-electron chi connectivity index (χ0n) is 51.9. The number of unbranched alkanes of at least 4 members (excludes halogenated alkanes) is 44. The molecule has 9 nitrogen and oxygen atoms in total. The lowest BCUT2D eigenvalue weighted by molar-refractivity contribution is -0.302. The monoisotopic (exact) mass is 1110 g/mol. The molecule has 1 aliphatic heterocycles. The summed E-state index contributed by atoms with van der Waals surface area (Å²) in [6.45, 7) is 3.80. The van der Waals surface area contributed by atoms with Gasteiger partial charge < -0.3 is 40.3 Å². The van der Waals surface area contributed by atoms with Crippen LogP contribution in [0, 0.1) is 0 Å². The smallest absolute Gasteiger partial charge is 0.220 e. The molecule has 9 heteroatoms. The number of aliphatic hydroxyl groups excluding tert-OH is 5. The van der Waals surface area contributed by atoms with Crippen molar-refractivity contribution in [2.24, 2.45) is 0 Å². The molecule has 1 amide bonds. The third-order valence-electron chi connectivity index (χ3n) is 16.4. The summed E-state index contributed by atoms with van der Waals surface area (Å²) in [5.41, 5.74) is 0. The fourth-order valence-electron chi connectivity index (χ4n) is 11.0. The molecule has 0 aromatic heterocycles. The highest BCUT2D eigenvalue weighted by molar-refractivity contribution is 5.76. The van der Waals surface area contributed by atoms with Crippen LogP contribution in [0.5, 0.6) is 0 Å². The number of aliphatic hydroxyl groups is 5. The van der Waals surface area contributed by atoms with Gasteiger partial charge in [-0.15, -0.1) is 0 Å². The van der Waals surface area contributed by atoms with Crippen LogP contribution in [0.15, 0.2) is 48.6 Å². The third kappa shape index (κ3) is 48.3. The molecular formula is C70H131NO8. The van der Waals surface area contributed by atoms with E-state index < -0.39 is 49.5 Å². The largest absolute Gasteiger partial charge is 0.394 e. The fourth-order valence-corrected chi connectivity index (χ4v) is 11.0. The van der Waals surface area contributed by atoms with E-state index in [0.29, 0.717) is 6.42 Å². The first-order valence-corrected chi connectivity index (χ1v) is 34.4. The molecule has 1 rings (SSSR count). The molecule has 0 bridgehead atoms. The van der Waals surface area contributed by atoms with Crippen molar-refractivity contribution in [3.8, 4) is 0 Å². The number of carbonyl (C=O) groups is 1. The van der Waals surface area contributed by atoms with Crippen LogP contribution in [-0.2, 0) is 14.3 Å². The lowest BCUT2D eigenvalue weighted by Gasteiger charge is -2.40. The van der Waals surface area contributed by atoms with Gasteiger partial charge in [-0.1, -0.05) is 313 Å². The quantitative estimate of drug-likeness (QED) is 0.0261. The zero-order valence-corrected chi connectivity index (χ0v) is 51.9. The molecule has 7 atom stereocenters. The van der Waals surface area contributed by atoms with Crippen molar-refractivity contribution in [3.05, 3.63) is 48.6 Å². The van der Waals surface area contributed by atoms with Gasteiger partial charge in [0.15, 0.2) is 6.29 Å². The molecule has 1 heterocycles. The van der Waals surface area contributed by atoms with Crippen molar-refractivity contribution in [1.82, 2.24) is 5.32 Å². The number of hydrogen-bond acceptors (Lipinski definition) is 8. The van der Waals surface area contributed by atoms with Gasteiger partial charge in [0.1, 0.15) is 24.4 Å². The van der Waals surface area contributed by atoms with E-state index in [4.69, 9.17) is 9.47 Å². The van der Waals surface area contributed by atoms with Crippen molar-refractivity contribution in [1.29, 1.82) is 0 Å². The second-order valence-electron chi connectivity index (χ2n) is 24.0. The molecule has 0 aromatic rings. The number of rotatable bonds is 60. The van der Waals surface area contributed by atoms with Gasteiger partial charge in [-0.25, -0.2) is 0 Å². The van der Waals surface area contributed by atoms with E-state index >= 15 is 0 Å². The molecule has 1 fully saturated rings. The first kappa shape index (κ1) is 75.2. The Morgan fingerprint density at radius 2 is 0.759 bits per heavy atom. The minimum Gasteiger partial charge on any atom is -0.394 e. The Hall–Kier alpha value is -1.85. The number of hydrogen-bond donors (Lipinski definition) is 6. The zero-order chi connectivity index (χ0) is 57.2. The predicted molar refractivity (Wildman–Crippen MR) is 336 cm³/mol. The molecule has 6 N–H and O–H groups in total. The Kier molecular flexibility index (Phi) is 56.4. The standard InChI is InChI=1S/C70H131NO8/c1-3-5-7-9-11-13-15-17-19-21-23-25-27-29-30-31-32-33-34-36-37-39-41-43-45-47-49-51-53-55-57-59-64(73)63(62-78-70-69(77)68(76)67(75)65(61-72)79-70)71-66(74)60-58-56-54-52-50-48-46-44-42-40-38-35-28-26-24-22-20-18-16-14-12-10-8-6-4-2/h16,18,22,24,49,51,57,59,63-65,67-70,72-73,75-77H,3-15,17,19-21,23,25-48,50,52-56,58,60-62H2,1-2H3,(H,71,74)/b18-16-,24-22-,51-49+,59-57+. The number of nitrogens with one attached hydrogen (secondary N) is 1. The van der Waals surface area contributed by atoms with Gasteiger partial charge >= 0.3 is 0 Å². The first-order valence-electron chi connectivity index (χ1n) is 34.4. The summed E-state index contributed by atoms with van der Waals surface area (Å²) in [5.74, 6) is -0.184. The third-order valence-corrected chi connectivity index (χ3v) is 16.4. The molecule has 79 heavy (non-hydrogen) atoms. The highest BCUT2D eigenvalue weighted by atomic mass is 16.7. The second kappa shape index (κ2) is 59.3. The average molecular weight is 1110 g/mol. The molecule has 1 saturated heterocycles. The van der Waals surface area contributed by atoms with Crippen LogP contribution in [0.2, 0.25) is 0 Å². The Labute approximate surface area is 488 Å². The average Bonchev–Trinajstić information content (AvgIpc) is 3.47. The van der Waals surface area contributed by atoms with Gasteiger partial charge in [0.25, 0.3) is 0 Å². The van der Waals surface area contributed by atoms with Crippen LogP contribution < -0.4 is 5.32 Å². The summed E-state index contributed by atoms with van der Waals surface area (Å²) in [6, 6.07) is -0.825. The molecule has 0 saturated carbocycles. The molecule has 0 aromatic carbocycles. The van der Waals surface area contributed by atoms with Gasteiger partial charge in [0.05, 0.1) is 25.4 Å². The summed E-state index contributed by atoms with van der Waals surface area (Å²) in [4.78, 5) is 13.1. The van der Waals surface area contributed by atoms with Gasteiger partial charge in [-0.3, -0.25) is 4.79 Å². The molecule has 0 spiro atoms. The van der Waals surface area contributed by atoms with E-state index in [1.807, 2.05) is 6.08 Å². The molecule has 0 radical (unpaired) electrons. The number of allylic oxidation sites excluding steroid dienone is 7. The van der Waals surface area contributed by atoms with Crippen LogP contribution >= 0.6 is 0 Å². The summed E-state index contributed by atoms with van der Waals surface area (Å²) in [6.07, 6.45) is 73.6. The van der Waals surface area contributed by atoms with Gasteiger partial charge in [-0.05, 0) is 64.2 Å². The molecule has 0 aliphatic carbocycles. The lowest BCUT2D eigenvalue weighted by atomic mass is 9.99. The summed E-state index contributed by atoms with van der Waals surface area (Å²) < 4.78 is 11.3. The van der Waals surface area contributed by atoms with Crippen molar-refractivity contribution in [2.75, 3.05) is 13.2 Å². The van der Waals surface area contributed by atoms with E-state index in [2.05, 4.69) is 55.6 Å². The molecule has 7 unspecified atom stereocenters. The highest BCUT2D eigenvalue weighted by Gasteiger charge is 2.44. The maximum Gasteiger partial charge on any atom is 0.220 e. The number of amides is 1. The van der Waals surface area contributed by atoms with E-state index in [1.54, 1.807) is 6.08 Å². The first-order chi connectivity index (χ1) is 38.8. The van der Waals surface area contributed by atoms with Crippen LogP contribution in [0.1, 0.15) is 335 Å². The Morgan fingerprint density at radius 3 is 1.14 bits per heavy atom. The summed E-state index contributed by atoms with van der Waals surface area (Å²) in [5, 5.41) is 54.7. The Morgan fingerprint density at radius 1 is 0.430 bits per heavy atom. The minimum absolute atomic E-state index is 0.184. The van der Waals surface area contributed by atoms with E-state index in [-0.39, 0.29) is 12.5 Å². The molecule has 464 valence electrons. The summed E-state index contributed by atoms with van der Waals surface area (Å²) >= 11 is 0. The lowest BCUT2D eigenvalue weighted by Crippen LogP contribution is -2.60. The maximum atomic E-state index is 13.1. The highest BCUT2D eigenvalue weighted by Crippen LogP contribution is 2.23. The molecular weight excluding hydrogens is 983 g/mol. The minimum atomic E-state index is -1.57. The van der Waals surface area contributed by atoms with Crippen molar-refractivity contribution < 1.29 is 39.8 Å². The predicted octanol–water partition coefficient (Wildman–Crippen LogP) is 18.4. The van der Waals surface area contributed by atoms with E-state index in [1.165, 1.54) is 270 Å². The van der Waals surface area contributed by atoms with Crippen LogP contribution in [0.3, 0.4) is 0 Å². The maximum absolute atomic E-state index is 13.1. The van der Waals surface area contributed by atoms with Gasteiger partial charge in [0.2, 0.25) is 5.91 Å². The van der Waals surface area contributed by atoms with Crippen LogP contribution in [0.4, 0.5) is 0 Å². The van der Waals surface area contributed by atoms with Crippen LogP contribution in [-0.4, -0.2) is 87.5 Å². The van der Waals surface area contributed by atoms with Crippen molar-refractivity contribution in [2.45, 2.75) is 378 Å². The van der Waals surface area contributed by atoms with Gasteiger partial charge in [-0.2, -0.15) is 0 Å². The Balaban J connectivity index is 2.16. The Bertz CT molecular complexity index is 1380. The van der Waals surface area contributed by atoms with Crippen molar-refractivity contribution in [3.63, 3.8) is 0 Å². The van der Waals surface area contributed by atoms with Crippen molar-refractivity contribution >= 4 is 5.91 Å². The second-order valence-corrected chi connectivity index (χ2v) is 24.0. The number of ether oxygens (including phenoxy) is 2. The number of carbonyl (C=O) groups excluding carboxylic acids is 1. The van der Waals surface area contributed by atoms with E-state index in [9.17, 15) is 30.3 Å². The van der Waals surface area contributed by atoms with Gasteiger partial charge in [0, 0.05) is 6.42 Å². The van der Waals surface area contributed by atoms with E-state index in [0.717, 1.165) is 44.9 Å².